The van der Waals surface area contributed by atoms with Crippen LogP contribution in [-0.2, 0) is 12.8 Å². The first kappa shape index (κ1) is 21.5. The summed E-state index contributed by atoms with van der Waals surface area (Å²) in [5.74, 6) is 2.34. The Morgan fingerprint density at radius 3 is 2.35 bits per heavy atom. The fourth-order valence-electron chi connectivity index (χ4n) is 4.28. The number of halogens is 1. The van der Waals surface area contributed by atoms with Gasteiger partial charge in [-0.15, -0.1) is 11.6 Å². The van der Waals surface area contributed by atoms with Gasteiger partial charge in [-0.1, -0.05) is 24.3 Å². The van der Waals surface area contributed by atoms with Gasteiger partial charge in [-0.05, 0) is 53.3 Å². The summed E-state index contributed by atoms with van der Waals surface area (Å²) in [6, 6.07) is 15.3. The molecule has 3 aromatic rings. The molecule has 1 aliphatic rings. The maximum Gasteiger partial charge on any atom is 0.161 e. The highest BCUT2D eigenvalue weighted by molar-refractivity contribution is 6.17. The standard InChI is InChI=1S/C25H27ClN2O3/c1-29-23-8-10-27-15-21(23)18-6-4-17(5-7-18)12-22-20-14-25(31-3)24(30-2)13-19(20)9-11-28(22)16-26/h4-8,10,13-15,22H,9,11-12,16H2,1-3H3. The van der Waals surface area contributed by atoms with Crippen molar-refractivity contribution >= 4 is 11.6 Å². The second kappa shape index (κ2) is 9.58. The highest BCUT2D eigenvalue weighted by Gasteiger charge is 2.28. The molecule has 5 nitrogen and oxygen atoms in total. The van der Waals surface area contributed by atoms with Crippen LogP contribution < -0.4 is 14.2 Å². The van der Waals surface area contributed by atoms with E-state index in [2.05, 4.69) is 46.3 Å². The molecule has 0 radical (unpaired) electrons. The summed E-state index contributed by atoms with van der Waals surface area (Å²) in [7, 11) is 5.03. The minimum absolute atomic E-state index is 0.180. The molecule has 0 N–H and O–H groups in total. The van der Waals surface area contributed by atoms with Gasteiger partial charge in [0, 0.05) is 30.5 Å². The molecule has 1 aliphatic heterocycles. The van der Waals surface area contributed by atoms with Crippen LogP contribution >= 0.6 is 11.6 Å². The lowest BCUT2D eigenvalue weighted by Gasteiger charge is -2.36. The van der Waals surface area contributed by atoms with Gasteiger partial charge in [0.25, 0.3) is 0 Å². The highest BCUT2D eigenvalue weighted by Crippen LogP contribution is 2.40. The average Bonchev–Trinajstić information content (AvgIpc) is 2.83. The van der Waals surface area contributed by atoms with Crippen LogP contribution in [0.4, 0.5) is 0 Å². The monoisotopic (exact) mass is 438 g/mol. The Kier molecular flexibility index (Phi) is 6.64. The van der Waals surface area contributed by atoms with Crippen molar-refractivity contribution < 1.29 is 14.2 Å². The van der Waals surface area contributed by atoms with Gasteiger partial charge in [-0.2, -0.15) is 0 Å². The third-order valence-electron chi connectivity index (χ3n) is 5.96. The van der Waals surface area contributed by atoms with Crippen LogP contribution in [0.5, 0.6) is 17.2 Å². The number of fused-ring (bicyclic) bond motifs is 1. The lowest BCUT2D eigenvalue weighted by molar-refractivity contribution is 0.215. The molecule has 0 bridgehead atoms. The van der Waals surface area contributed by atoms with Crippen molar-refractivity contribution in [3.8, 4) is 28.4 Å². The van der Waals surface area contributed by atoms with Gasteiger partial charge in [0.15, 0.2) is 11.5 Å². The highest BCUT2D eigenvalue weighted by atomic mass is 35.5. The quantitative estimate of drug-likeness (QED) is 0.378. The van der Waals surface area contributed by atoms with Gasteiger partial charge >= 0.3 is 0 Å². The number of nitrogens with zero attached hydrogens (tertiary/aromatic N) is 2. The molecule has 6 heteroatoms. The van der Waals surface area contributed by atoms with Gasteiger partial charge in [-0.25, -0.2) is 0 Å². The maximum atomic E-state index is 6.33. The minimum Gasteiger partial charge on any atom is -0.496 e. The third-order valence-corrected chi connectivity index (χ3v) is 6.27. The molecule has 1 aromatic heterocycles. The molecule has 162 valence electrons. The van der Waals surface area contributed by atoms with E-state index in [0.29, 0.717) is 6.00 Å². The molecule has 1 unspecified atom stereocenters. The van der Waals surface area contributed by atoms with Gasteiger partial charge in [0.1, 0.15) is 5.75 Å². The zero-order valence-corrected chi connectivity index (χ0v) is 18.9. The Morgan fingerprint density at radius 1 is 0.968 bits per heavy atom. The van der Waals surface area contributed by atoms with Crippen LogP contribution in [-0.4, -0.2) is 43.8 Å². The summed E-state index contributed by atoms with van der Waals surface area (Å²) in [5.41, 5.74) is 5.86. The topological polar surface area (TPSA) is 43.8 Å². The minimum atomic E-state index is 0.180. The van der Waals surface area contributed by atoms with E-state index in [-0.39, 0.29) is 6.04 Å². The van der Waals surface area contributed by atoms with Crippen LogP contribution in [0, 0.1) is 0 Å². The molecule has 0 saturated heterocycles. The average molecular weight is 439 g/mol. The first-order chi connectivity index (χ1) is 15.2. The van der Waals surface area contributed by atoms with E-state index >= 15 is 0 Å². The molecule has 1 atom stereocenters. The second-order valence-corrected chi connectivity index (χ2v) is 7.82. The van der Waals surface area contributed by atoms with Crippen LogP contribution in [0.2, 0.25) is 0 Å². The van der Waals surface area contributed by atoms with Gasteiger partial charge in [0.2, 0.25) is 0 Å². The molecular weight excluding hydrogens is 412 g/mol. The van der Waals surface area contributed by atoms with E-state index in [0.717, 1.165) is 47.8 Å². The number of hydrogen-bond donors (Lipinski definition) is 0. The fraction of sp³-hybridized carbons (Fsp3) is 0.320. The fourth-order valence-corrected chi connectivity index (χ4v) is 4.57. The molecule has 4 rings (SSSR count). The van der Waals surface area contributed by atoms with Crippen LogP contribution in [0.1, 0.15) is 22.7 Å². The largest absolute Gasteiger partial charge is 0.496 e. The van der Waals surface area contributed by atoms with E-state index in [1.54, 1.807) is 27.5 Å². The smallest absolute Gasteiger partial charge is 0.161 e. The van der Waals surface area contributed by atoms with Crippen molar-refractivity contribution in [3.63, 3.8) is 0 Å². The lowest BCUT2D eigenvalue weighted by atomic mass is 9.88. The summed E-state index contributed by atoms with van der Waals surface area (Å²) in [4.78, 5) is 6.55. The Hall–Kier alpha value is -2.76. The van der Waals surface area contributed by atoms with Crippen molar-refractivity contribution in [2.45, 2.75) is 18.9 Å². The van der Waals surface area contributed by atoms with E-state index in [1.165, 1.54) is 16.7 Å². The SMILES string of the molecule is COc1cc2c(cc1OC)C(Cc1ccc(-c3cnccc3OC)cc1)N(CCl)CC2. The summed E-state index contributed by atoms with van der Waals surface area (Å²) in [5, 5.41) is 0. The normalized spacial score (nSPS) is 15.9. The van der Waals surface area contributed by atoms with E-state index in [9.17, 15) is 0 Å². The van der Waals surface area contributed by atoms with Crippen LogP contribution in [0.3, 0.4) is 0 Å². The van der Waals surface area contributed by atoms with Gasteiger partial charge in [-0.3, -0.25) is 9.88 Å². The number of rotatable bonds is 7. The Balaban J connectivity index is 1.64. The van der Waals surface area contributed by atoms with Crippen molar-refractivity contribution in [2.24, 2.45) is 0 Å². The molecule has 0 spiro atoms. The molecule has 0 aliphatic carbocycles. The summed E-state index contributed by atoms with van der Waals surface area (Å²) < 4.78 is 16.5. The molecule has 31 heavy (non-hydrogen) atoms. The molecule has 0 fully saturated rings. The number of hydrogen-bond acceptors (Lipinski definition) is 5. The zero-order valence-electron chi connectivity index (χ0n) is 18.1. The first-order valence-electron chi connectivity index (χ1n) is 10.3. The summed E-state index contributed by atoms with van der Waals surface area (Å²) in [6.45, 7) is 0.918. The van der Waals surface area contributed by atoms with E-state index in [4.69, 9.17) is 25.8 Å². The predicted molar refractivity (Wildman–Crippen MR) is 123 cm³/mol. The number of aromatic nitrogens is 1. The van der Waals surface area contributed by atoms with Crippen molar-refractivity contribution in [3.05, 3.63) is 71.5 Å². The molecule has 2 aromatic carbocycles. The molecule has 0 saturated carbocycles. The number of alkyl halides is 1. The van der Waals surface area contributed by atoms with Crippen molar-refractivity contribution in [1.82, 2.24) is 9.88 Å². The maximum absolute atomic E-state index is 6.33. The van der Waals surface area contributed by atoms with Crippen molar-refractivity contribution in [1.29, 1.82) is 0 Å². The Morgan fingerprint density at radius 2 is 1.68 bits per heavy atom. The van der Waals surface area contributed by atoms with Crippen molar-refractivity contribution in [2.75, 3.05) is 33.9 Å². The number of ether oxygens (including phenoxy) is 3. The number of methoxy groups -OCH3 is 3. The Bertz CT molecular complexity index is 1040. The van der Waals surface area contributed by atoms with Gasteiger partial charge < -0.3 is 14.2 Å². The van der Waals surface area contributed by atoms with Crippen LogP contribution in [0.15, 0.2) is 54.9 Å². The number of pyridine rings is 1. The van der Waals surface area contributed by atoms with Gasteiger partial charge in [0.05, 0.1) is 27.3 Å². The molecular formula is C25H27ClN2O3. The lowest BCUT2D eigenvalue weighted by Crippen LogP contribution is -2.35. The third kappa shape index (κ3) is 4.34. The summed E-state index contributed by atoms with van der Waals surface area (Å²) in [6.07, 6.45) is 5.37. The van der Waals surface area contributed by atoms with E-state index < -0.39 is 0 Å². The van der Waals surface area contributed by atoms with Crippen LogP contribution in [0.25, 0.3) is 11.1 Å². The predicted octanol–water partition coefficient (Wildman–Crippen LogP) is 5.11. The Labute approximate surface area is 188 Å². The molecule has 0 amide bonds. The molecule has 2 heterocycles. The zero-order chi connectivity index (χ0) is 21.8. The second-order valence-electron chi connectivity index (χ2n) is 7.58. The number of benzene rings is 2. The first-order valence-corrected chi connectivity index (χ1v) is 10.8. The summed E-state index contributed by atoms with van der Waals surface area (Å²) >= 11 is 6.33. The van der Waals surface area contributed by atoms with E-state index in [1.807, 2.05) is 12.3 Å².